The zero-order chi connectivity index (χ0) is 7.07. The average molecular weight is 212 g/mol. The third-order valence-corrected chi connectivity index (χ3v) is 6.23. The van der Waals surface area contributed by atoms with Gasteiger partial charge in [0.15, 0.2) is 0 Å². The maximum Gasteiger partial charge on any atom is 0.0400 e. The molecule has 0 atom stereocenters. The molecule has 1 aliphatic heterocycles. The van der Waals surface area contributed by atoms with Crippen LogP contribution in [-0.4, -0.2) is 33.2 Å². The highest BCUT2D eigenvalue weighted by molar-refractivity contribution is 8.23. The van der Waals surface area contributed by atoms with E-state index in [4.69, 9.17) is 0 Å². The SMILES string of the molecule is C1CSCSCSCCS1. The van der Waals surface area contributed by atoms with Crippen LogP contribution in [0.5, 0.6) is 0 Å². The molecule has 0 nitrogen and oxygen atoms in total. The molecular formula is C6H12S4. The van der Waals surface area contributed by atoms with E-state index in [1.165, 1.54) is 33.2 Å². The maximum atomic E-state index is 2.10. The van der Waals surface area contributed by atoms with Gasteiger partial charge >= 0.3 is 0 Å². The van der Waals surface area contributed by atoms with Crippen molar-refractivity contribution in [2.75, 3.05) is 33.2 Å². The first-order valence-electron chi connectivity index (χ1n) is 3.31. The van der Waals surface area contributed by atoms with Crippen LogP contribution in [0.15, 0.2) is 0 Å². The van der Waals surface area contributed by atoms with Gasteiger partial charge in [-0.25, -0.2) is 0 Å². The second-order valence-corrected chi connectivity index (χ2v) is 7.02. The van der Waals surface area contributed by atoms with Gasteiger partial charge in [0.2, 0.25) is 0 Å². The van der Waals surface area contributed by atoms with E-state index in [1.807, 2.05) is 0 Å². The molecule has 1 aliphatic rings. The van der Waals surface area contributed by atoms with Gasteiger partial charge in [-0.1, -0.05) is 0 Å². The molecule has 60 valence electrons. The van der Waals surface area contributed by atoms with Gasteiger partial charge in [0.25, 0.3) is 0 Å². The number of rotatable bonds is 0. The Labute approximate surface area is 80.1 Å². The highest BCUT2D eigenvalue weighted by atomic mass is 32.2. The van der Waals surface area contributed by atoms with Crippen molar-refractivity contribution in [1.82, 2.24) is 0 Å². The average Bonchev–Trinajstić information content (AvgIpc) is 2.01. The van der Waals surface area contributed by atoms with Crippen molar-refractivity contribution in [2.45, 2.75) is 0 Å². The monoisotopic (exact) mass is 212 g/mol. The Hall–Kier alpha value is 1.40. The molecule has 10 heavy (non-hydrogen) atoms. The van der Waals surface area contributed by atoms with Crippen molar-refractivity contribution in [2.24, 2.45) is 0 Å². The predicted molar refractivity (Wildman–Crippen MR) is 59.6 cm³/mol. The second-order valence-electron chi connectivity index (χ2n) is 1.87. The Balaban J connectivity index is 2.00. The molecule has 0 aromatic heterocycles. The molecular weight excluding hydrogens is 200 g/mol. The summed E-state index contributed by atoms with van der Waals surface area (Å²) in [7, 11) is 0. The minimum Gasteiger partial charge on any atom is -0.160 e. The fourth-order valence-electron chi connectivity index (χ4n) is 0.607. The lowest BCUT2D eigenvalue weighted by molar-refractivity contribution is 1.49. The molecule has 0 unspecified atom stereocenters. The van der Waals surface area contributed by atoms with E-state index < -0.39 is 0 Å². The summed E-state index contributed by atoms with van der Waals surface area (Å²) < 4.78 is 0. The van der Waals surface area contributed by atoms with Gasteiger partial charge in [-0.2, -0.15) is 35.3 Å². The van der Waals surface area contributed by atoms with Crippen LogP contribution >= 0.6 is 47.0 Å². The quantitative estimate of drug-likeness (QED) is 0.605. The van der Waals surface area contributed by atoms with Crippen molar-refractivity contribution in [3.05, 3.63) is 0 Å². The molecule has 0 saturated carbocycles. The Bertz CT molecular complexity index is 42.9. The van der Waals surface area contributed by atoms with Crippen LogP contribution in [0.2, 0.25) is 0 Å². The summed E-state index contributed by atoms with van der Waals surface area (Å²) in [5.41, 5.74) is 0. The van der Waals surface area contributed by atoms with E-state index in [1.54, 1.807) is 0 Å². The first kappa shape index (κ1) is 9.49. The normalized spacial score (nSPS) is 24.0. The Morgan fingerprint density at radius 3 is 1.60 bits per heavy atom. The topological polar surface area (TPSA) is 0 Å². The van der Waals surface area contributed by atoms with E-state index in [-0.39, 0.29) is 0 Å². The third-order valence-electron chi connectivity index (χ3n) is 1.08. The van der Waals surface area contributed by atoms with Crippen LogP contribution in [-0.2, 0) is 0 Å². The van der Waals surface area contributed by atoms with Crippen molar-refractivity contribution in [1.29, 1.82) is 0 Å². The molecule has 0 bridgehead atoms. The summed E-state index contributed by atoms with van der Waals surface area (Å²) >= 11 is 8.33. The minimum absolute atomic E-state index is 1.30. The van der Waals surface area contributed by atoms with Crippen LogP contribution in [0, 0.1) is 0 Å². The molecule has 0 N–H and O–H groups in total. The van der Waals surface area contributed by atoms with Crippen molar-refractivity contribution in [3.63, 3.8) is 0 Å². The van der Waals surface area contributed by atoms with Crippen LogP contribution < -0.4 is 0 Å². The fraction of sp³-hybridized carbons (Fsp3) is 1.00. The van der Waals surface area contributed by atoms with Gasteiger partial charge in [0, 0.05) is 33.2 Å². The molecule has 1 heterocycles. The van der Waals surface area contributed by atoms with E-state index in [0.717, 1.165) is 0 Å². The Morgan fingerprint density at radius 2 is 1.00 bits per heavy atom. The van der Waals surface area contributed by atoms with Crippen LogP contribution in [0.1, 0.15) is 0 Å². The lowest BCUT2D eigenvalue weighted by Gasteiger charge is -2.05. The zero-order valence-corrected chi connectivity index (χ0v) is 9.14. The van der Waals surface area contributed by atoms with Gasteiger partial charge in [-0.05, 0) is 0 Å². The Morgan fingerprint density at radius 1 is 0.500 bits per heavy atom. The van der Waals surface area contributed by atoms with E-state index in [9.17, 15) is 0 Å². The standard InChI is InChI=1S/C6H12S4/c1-3-8-5-10-6-9-4-2-7-1/h1-6H2. The summed E-state index contributed by atoms with van der Waals surface area (Å²) in [5.74, 6) is 5.40. The first-order valence-corrected chi connectivity index (χ1v) is 7.93. The van der Waals surface area contributed by atoms with Gasteiger partial charge < -0.3 is 0 Å². The van der Waals surface area contributed by atoms with Crippen LogP contribution in [0.4, 0.5) is 0 Å². The molecule has 1 saturated heterocycles. The van der Waals surface area contributed by atoms with E-state index in [0.29, 0.717) is 0 Å². The molecule has 0 radical (unpaired) electrons. The molecule has 0 amide bonds. The highest BCUT2D eigenvalue weighted by Gasteiger charge is 1.96. The molecule has 1 rings (SSSR count). The van der Waals surface area contributed by atoms with Crippen molar-refractivity contribution >= 4 is 47.0 Å². The summed E-state index contributed by atoms with van der Waals surface area (Å²) in [5, 5.41) is 2.60. The Kier molecular flexibility index (Phi) is 6.71. The smallest absolute Gasteiger partial charge is 0.0400 e. The molecule has 0 aliphatic carbocycles. The number of hydrogen-bond acceptors (Lipinski definition) is 4. The van der Waals surface area contributed by atoms with Gasteiger partial charge in [-0.3, -0.25) is 0 Å². The number of hydrogen-bond donors (Lipinski definition) is 0. The van der Waals surface area contributed by atoms with E-state index in [2.05, 4.69) is 47.0 Å². The highest BCUT2D eigenvalue weighted by Crippen LogP contribution is 2.21. The van der Waals surface area contributed by atoms with Crippen molar-refractivity contribution in [3.8, 4) is 0 Å². The largest absolute Gasteiger partial charge is 0.160 e. The molecule has 4 heteroatoms. The maximum absolute atomic E-state index is 2.10. The molecule has 1 fully saturated rings. The van der Waals surface area contributed by atoms with Gasteiger partial charge in [0.05, 0.1) is 0 Å². The van der Waals surface area contributed by atoms with Crippen molar-refractivity contribution < 1.29 is 0 Å². The third kappa shape index (κ3) is 5.10. The summed E-state index contributed by atoms with van der Waals surface area (Å²) in [4.78, 5) is 0. The predicted octanol–water partition coefficient (Wildman–Crippen LogP) is 2.85. The lowest BCUT2D eigenvalue weighted by Crippen LogP contribution is -1.92. The van der Waals surface area contributed by atoms with Crippen LogP contribution in [0.25, 0.3) is 0 Å². The van der Waals surface area contributed by atoms with Gasteiger partial charge in [-0.15, -0.1) is 11.8 Å². The first-order chi connectivity index (χ1) is 5.00. The minimum atomic E-state index is 1.30. The second kappa shape index (κ2) is 7.07. The lowest BCUT2D eigenvalue weighted by atomic mass is 10.9. The van der Waals surface area contributed by atoms with Gasteiger partial charge in [0.1, 0.15) is 0 Å². The molecule has 0 spiro atoms. The summed E-state index contributed by atoms with van der Waals surface area (Å²) in [6.45, 7) is 0. The fourth-order valence-corrected chi connectivity index (χ4v) is 5.47. The zero-order valence-electron chi connectivity index (χ0n) is 5.88. The summed E-state index contributed by atoms with van der Waals surface area (Å²) in [6, 6.07) is 0. The summed E-state index contributed by atoms with van der Waals surface area (Å²) in [6.07, 6.45) is 0. The molecule has 0 aromatic carbocycles. The van der Waals surface area contributed by atoms with E-state index >= 15 is 0 Å². The van der Waals surface area contributed by atoms with Crippen LogP contribution in [0.3, 0.4) is 0 Å². The number of thioether (sulfide) groups is 4. The molecule has 0 aromatic rings.